The summed E-state index contributed by atoms with van der Waals surface area (Å²) in [4.78, 5) is 34.5. The van der Waals surface area contributed by atoms with Crippen LogP contribution in [0, 0.1) is 5.92 Å². The van der Waals surface area contributed by atoms with Crippen LogP contribution in [-0.2, 0) is 4.79 Å². The fourth-order valence-corrected chi connectivity index (χ4v) is 5.29. The molecule has 6 heteroatoms. The Morgan fingerprint density at radius 1 is 0.774 bits per heavy atom. The summed E-state index contributed by atoms with van der Waals surface area (Å²) in [7, 11) is 0. The Kier molecular flexibility index (Phi) is 6.28. The summed E-state index contributed by atoms with van der Waals surface area (Å²) in [6.45, 7) is 8.10. The smallest absolute Gasteiger partial charge is 0.236 e. The van der Waals surface area contributed by atoms with Crippen LogP contribution in [0.4, 0.5) is 5.69 Å². The molecule has 0 N–H and O–H groups in total. The molecule has 2 saturated heterocycles. The Balaban J connectivity index is 1.06. The monoisotopic (exact) mass is 424 g/mol. The third-order valence-electron chi connectivity index (χ3n) is 7.98. The fraction of sp³-hybridized carbons (Fsp3) is 0.680. The van der Waals surface area contributed by atoms with E-state index in [1.807, 2.05) is 12.1 Å². The molecule has 168 valence electrons. The number of rotatable bonds is 6. The fourth-order valence-electron chi connectivity index (χ4n) is 5.29. The van der Waals surface area contributed by atoms with Crippen molar-refractivity contribution in [2.24, 2.45) is 5.92 Å². The van der Waals surface area contributed by atoms with E-state index in [1.54, 1.807) is 0 Å². The minimum absolute atomic E-state index is 0.258. The number of anilines is 1. The van der Waals surface area contributed by atoms with E-state index in [-0.39, 0.29) is 5.92 Å². The number of amides is 1. The number of hydrogen-bond acceptors (Lipinski definition) is 5. The molecule has 1 amide bonds. The molecule has 0 spiro atoms. The van der Waals surface area contributed by atoms with Crippen molar-refractivity contribution in [2.45, 2.75) is 44.6 Å². The molecule has 0 atom stereocenters. The minimum Gasteiger partial charge on any atom is -0.369 e. The molecule has 4 fully saturated rings. The largest absolute Gasteiger partial charge is 0.369 e. The highest BCUT2D eigenvalue weighted by atomic mass is 16.2. The topological polar surface area (TPSA) is 47.1 Å². The SMILES string of the molecule is O=C(c1ccc(N2CCN(CC(=O)N3CCN(C4CCC4)CC3)CC2)cc1)C1CCC1. The first-order valence-electron chi connectivity index (χ1n) is 12.3. The maximum atomic E-state index is 12.8. The van der Waals surface area contributed by atoms with E-state index in [9.17, 15) is 9.59 Å². The third kappa shape index (κ3) is 4.65. The molecule has 0 aromatic heterocycles. The number of nitrogens with zero attached hydrogens (tertiary/aromatic N) is 4. The summed E-state index contributed by atoms with van der Waals surface area (Å²) in [5.41, 5.74) is 2.04. The molecular weight excluding hydrogens is 388 g/mol. The van der Waals surface area contributed by atoms with E-state index in [4.69, 9.17) is 0 Å². The second kappa shape index (κ2) is 9.29. The number of ketones is 1. The predicted octanol–water partition coefficient (Wildman–Crippen LogP) is 2.49. The Morgan fingerprint density at radius 2 is 1.42 bits per heavy atom. The average Bonchev–Trinajstić information content (AvgIpc) is 2.72. The van der Waals surface area contributed by atoms with Crippen molar-refractivity contribution in [3.05, 3.63) is 29.8 Å². The lowest BCUT2D eigenvalue weighted by atomic mass is 9.80. The van der Waals surface area contributed by atoms with Gasteiger partial charge in [0.25, 0.3) is 0 Å². The minimum atomic E-state index is 0.258. The molecular formula is C25H36N4O2. The molecule has 2 saturated carbocycles. The zero-order valence-corrected chi connectivity index (χ0v) is 18.7. The number of Topliss-reactive ketones (excluding diaryl/α,β-unsaturated/α-hetero) is 1. The lowest BCUT2D eigenvalue weighted by molar-refractivity contribution is -0.134. The molecule has 1 aromatic carbocycles. The molecule has 31 heavy (non-hydrogen) atoms. The van der Waals surface area contributed by atoms with E-state index in [2.05, 4.69) is 31.7 Å². The van der Waals surface area contributed by atoms with Crippen LogP contribution in [0.2, 0.25) is 0 Å². The van der Waals surface area contributed by atoms with Gasteiger partial charge in [0.1, 0.15) is 0 Å². The summed E-state index contributed by atoms with van der Waals surface area (Å²) in [5.74, 6) is 0.864. The number of piperazine rings is 2. The maximum absolute atomic E-state index is 12.8. The normalized spacial score (nSPS) is 24.0. The van der Waals surface area contributed by atoms with Gasteiger partial charge in [0.05, 0.1) is 6.54 Å². The van der Waals surface area contributed by atoms with E-state index in [0.717, 1.165) is 76.8 Å². The first-order valence-corrected chi connectivity index (χ1v) is 12.3. The molecule has 0 bridgehead atoms. The van der Waals surface area contributed by atoms with Crippen LogP contribution in [-0.4, -0.2) is 91.3 Å². The van der Waals surface area contributed by atoms with Gasteiger partial charge >= 0.3 is 0 Å². The van der Waals surface area contributed by atoms with Crippen LogP contribution in [0.15, 0.2) is 24.3 Å². The Labute approximate surface area is 186 Å². The second-order valence-corrected chi connectivity index (χ2v) is 9.80. The lowest BCUT2D eigenvalue weighted by Gasteiger charge is -2.43. The zero-order valence-electron chi connectivity index (χ0n) is 18.7. The van der Waals surface area contributed by atoms with Gasteiger partial charge in [0, 0.05) is 75.6 Å². The molecule has 5 rings (SSSR count). The van der Waals surface area contributed by atoms with E-state index in [1.165, 1.54) is 31.4 Å². The molecule has 4 aliphatic rings. The van der Waals surface area contributed by atoms with E-state index in [0.29, 0.717) is 18.2 Å². The highest BCUT2D eigenvalue weighted by Crippen LogP contribution is 2.30. The highest BCUT2D eigenvalue weighted by molar-refractivity contribution is 5.98. The van der Waals surface area contributed by atoms with Crippen molar-refractivity contribution in [1.82, 2.24) is 14.7 Å². The van der Waals surface area contributed by atoms with Gasteiger partial charge in [0.2, 0.25) is 5.91 Å². The van der Waals surface area contributed by atoms with Gasteiger partial charge < -0.3 is 9.80 Å². The van der Waals surface area contributed by atoms with E-state index >= 15 is 0 Å². The summed E-state index contributed by atoms with van der Waals surface area (Å²) in [6.07, 6.45) is 7.36. The summed E-state index contributed by atoms with van der Waals surface area (Å²) in [6, 6.07) is 8.96. The Morgan fingerprint density at radius 3 is 1.97 bits per heavy atom. The van der Waals surface area contributed by atoms with Crippen LogP contribution in [0.25, 0.3) is 0 Å². The van der Waals surface area contributed by atoms with Gasteiger partial charge in [-0.05, 0) is 49.9 Å². The Bertz CT molecular complexity index is 771. The van der Waals surface area contributed by atoms with Gasteiger partial charge in [0.15, 0.2) is 5.78 Å². The number of carbonyl (C=O) groups excluding carboxylic acids is 2. The van der Waals surface area contributed by atoms with Gasteiger partial charge in [-0.2, -0.15) is 0 Å². The molecule has 0 radical (unpaired) electrons. The average molecular weight is 425 g/mol. The number of carbonyl (C=O) groups is 2. The standard InChI is InChI=1S/C25H36N4O2/c30-24(29-17-15-28(16-18-29)22-5-2-6-22)19-26-11-13-27(14-12-26)23-9-7-21(8-10-23)25(31)20-3-1-4-20/h7-10,20,22H,1-6,11-19H2. The highest BCUT2D eigenvalue weighted by Gasteiger charge is 2.30. The van der Waals surface area contributed by atoms with Crippen molar-refractivity contribution in [1.29, 1.82) is 0 Å². The Hall–Kier alpha value is -1.92. The quantitative estimate of drug-likeness (QED) is 0.657. The van der Waals surface area contributed by atoms with Gasteiger partial charge in [-0.25, -0.2) is 0 Å². The summed E-state index contributed by atoms with van der Waals surface area (Å²) in [5, 5.41) is 0. The maximum Gasteiger partial charge on any atom is 0.236 e. The van der Waals surface area contributed by atoms with Gasteiger partial charge in [-0.15, -0.1) is 0 Å². The van der Waals surface area contributed by atoms with Crippen molar-refractivity contribution >= 4 is 17.4 Å². The summed E-state index contributed by atoms with van der Waals surface area (Å²) >= 11 is 0. The zero-order chi connectivity index (χ0) is 21.2. The van der Waals surface area contributed by atoms with Crippen molar-refractivity contribution < 1.29 is 9.59 Å². The summed E-state index contributed by atoms with van der Waals surface area (Å²) < 4.78 is 0. The van der Waals surface area contributed by atoms with Crippen molar-refractivity contribution in [3.63, 3.8) is 0 Å². The molecule has 6 nitrogen and oxygen atoms in total. The molecule has 2 heterocycles. The van der Waals surface area contributed by atoms with Crippen molar-refractivity contribution in [2.75, 3.05) is 63.8 Å². The van der Waals surface area contributed by atoms with Crippen LogP contribution in [0.3, 0.4) is 0 Å². The molecule has 1 aromatic rings. The van der Waals surface area contributed by atoms with Crippen LogP contribution in [0.5, 0.6) is 0 Å². The predicted molar refractivity (Wildman–Crippen MR) is 123 cm³/mol. The first kappa shape index (κ1) is 21.0. The van der Waals surface area contributed by atoms with Gasteiger partial charge in [-0.3, -0.25) is 19.4 Å². The number of benzene rings is 1. The van der Waals surface area contributed by atoms with Crippen LogP contribution < -0.4 is 4.90 Å². The number of hydrogen-bond donors (Lipinski definition) is 0. The molecule has 2 aliphatic carbocycles. The van der Waals surface area contributed by atoms with Crippen molar-refractivity contribution in [3.8, 4) is 0 Å². The molecule has 0 unspecified atom stereocenters. The first-order chi connectivity index (χ1) is 15.2. The van der Waals surface area contributed by atoms with Gasteiger partial charge in [-0.1, -0.05) is 12.8 Å². The second-order valence-electron chi connectivity index (χ2n) is 9.80. The van der Waals surface area contributed by atoms with Crippen LogP contribution in [0.1, 0.15) is 48.9 Å². The van der Waals surface area contributed by atoms with Crippen LogP contribution >= 0.6 is 0 Å². The third-order valence-corrected chi connectivity index (χ3v) is 7.98. The lowest BCUT2D eigenvalue weighted by Crippen LogP contribution is -2.56. The molecule has 2 aliphatic heterocycles. The van der Waals surface area contributed by atoms with E-state index < -0.39 is 0 Å².